The molecule has 2 amide bonds. The van der Waals surface area contributed by atoms with E-state index in [2.05, 4.69) is 15.4 Å². The molecule has 4 rings (SSSR count). The summed E-state index contributed by atoms with van der Waals surface area (Å²) in [5.41, 5.74) is 2.89. The van der Waals surface area contributed by atoms with Crippen LogP contribution in [0.15, 0.2) is 95.9 Å². The van der Waals surface area contributed by atoms with Crippen molar-refractivity contribution in [1.29, 1.82) is 0 Å². The van der Waals surface area contributed by atoms with Crippen molar-refractivity contribution in [3.05, 3.63) is 102 Å². The first-order chi connectivity index (χ1) is 21.6. The predicted molar refractivity (Wildman–Crippen MR) is 167 cm³/mol. The molecule has 0 aliphatic rings. The molecule has 0 saturated carbocycles. The molecule has 1 atom stereocenters. The number of halogens is 3. The van der Waals surface area contributed by atoms with Crippen molar-refractivity contribution in [3.8, 4) is 22.6 Å². The van der Waals surface area contributed by atoms with Crippen LogP contribution in [0.2, 0.25) is 0 Å². The van der Waals surface area contributed by atoms with E-state index in [-0.39, 0.29) is 11.5 Å². The van der Waals surface area contributed by atoms with E-state index in [0.717, 1.165) is 5.69 Å². The molecule has 13 heteroatoms. The van der Waals surface area contributed by atoms with Crippen LogP contribution in [0.1, 0.15) is 20.7 Å². The molecule has 0 radical (unpaired) electrons. The van der Waals surface area contributed by atoms with E-state index in [1.165, 1.54) is 26.4 Å². The normalized spacial score (nSPS) is 11.7. The third-order valence-corrected chi connectivity index (χ3v) is 7.57. The Labute approximate surface area is 261 Å². The van der Waals surface area contributed by atoms with Gasteiger partial charge in [0.1, 0.15) is 23.7 Å². The first kappa shape index (κ1) is 33.0. The van der Waals surface area contributed by atoms with Gasteiger partial charge in [-0.2, -0.15) is 13.2 Å². The van der Waals surface area contributed by atoms with Crippen LogP contribution in [0.5, 0.6) is 11.5 Å². The lowest BCUT2D eigenvalue weighted by atomic mass is 10.0. The van der Waals surface area contributed by atoms with Crippen LogP contribution in [0.4, 0.5) is 24.5 Å². The minimum atomic E-state index is -4.53. The third-order valence-electron chi connectivity index (χ3n) is 6.44. The van der Waals surface area contributed by atoms with E-state index in [0.29, 0.717) is 51.9 Å². The van der Waals surface area contributed by atoms with Crippen molar-refractivity contribution in [2.24, 2.45) is 0 Å². The number of para-hydroxylation sites is 1. The van der Waals surface area contributed by atoms with Gasteiger partial charge >= 0.3 is 6.18 Å². The molecule has 236 valence electrons. The Balaban J connectivity index is 1.40. The second-order valence-corrected chi connectivity index (χ2v) is 10.8. The molecule has 45 heavy (non-hydrogen) atoms. The van der Waals surface area contributed by atoms with E-state index < -0.39 is 30.0 Å². The smallest absolute Gasteiger partial charge is 0.405 e. The summed E-state index contributed by atoms with van der Waals surface area (Å²) in [6, 6.07) is 25.1. The summed E-state index contributed by atoms with van der Waals surface area (Å²) >= 11 is -1.78. The Morgan fingerprint density at radius 3 is 2.22 bits per heavy atom. The highest BCUT2D eigenvalue weighted by molar-refractivity contribution is 7.92. The summed E-state index contributed by atoms with van der Waals surface area (Å²) in [6.07, 6.45) is -4.53. The molecule has 4 aromatic rings. The first-order valence-electron chi connectivity index (χ1n) is 13.6. The molecule has 9 nitrogen and oxygen atoms in total. The summed E-state index contributed by atoms with van der Waals surface area (Å²) in [5, 5.41) is 7.91. The Hall–Kier alpha value is -4.88. The summed E-state index contributed by atoms with van der Waals surface area (Å²) in [7, 11) is 2.95. The maximum Gasteiger partial charge on any atom is 0.405 e. The van der Waals surface area contributed by atoms with E-state index >= 15 is 0 Å². The molecule has 0 spiro atoms. The lowest BCUT2D eigenvalue weighted by molar-refractivity contribution is -0.123. The van der Waals surface area contributed by atoms with Gasteiger partial charge in [0, 0.05) is 30.4 Å². The standard InChI is InChI=1S/C32H31F3N4O5S/c1-43-27-12-4-3-11-26(27)31(41)37-16-15-36-24-9-6-10-25(19-24)39-45(42)29-18-22(13-14-28(29)44-2)21-7-5-8-23(17-21)30(40)38-20-32(33,34)35/h3-14,17-19,36,39H,15-16,20H2,1-2H3,(H,37,41)(H,38,40). The van der Waals surface area contributed by atoms with Crippen LogP contribution in [-0.2, 0) is 11.4 Å². The minimum Gasteiger partial charge on any atom is -0.588 e. The third kappa shape index (κ3) is 9.30. The monoisotopic (exact) mass is 640 g/mol. The van der Waals surface area contributed by atoms with Gasteiger partial charge in [-0.15, -0.1) is 0 Å². The molecule has 1 unspecified atom stereocenters. The second kappa shape index (κ2) is 15.2. The highest BCUT2D eigenvalue weighted by Crippen LogP contribution is 2.32. The zero-order chi connectivity index (χ0) is 32.4. The van der Waals surface area contributed by atoms with Gasteiger partial charge < -0.3 is 30.0 Å². The van der Waals surface area contributed by atoms with Crippen LogP contribution in [-0.4, -0.2) is 56.4 Å². The summed E-state index contributed by atoms with van der Waals surface area (Å²) in [5.74, 6) is -0.283. The van der Waals surface area contributed by atoms with E-state index in [4.69, 9.17) is 9.47 Å². The molecule has 0 heterocycles. The number of amides is 2. The number of benzene rings is 4. The maximum absolute atomic E-state index is 13.4. The van der Waals surface area contributed by atoms with Gasteiger partial charge in [0.2, 0.25) is 4.90 Å². The molecule has 4 N–H and O–H groups in total. The average Bonchev–Trinajstić information content (AvgIpc) is 3.05. The number of alkyl halides is 3. The van der Waals surface area contributed by atoms with Crippen molar-refractivity contribution < 1.29 is 36.8 Å². The van der Waals surface area contributed by atoms with Gasteiger partial charge in [-0.3, -0.25) is 9.59 Å². The first-order valence-corrected chi connectivity index (χ1v) is 14.8. The molecule has 0 aliphatic carbocycles. The van der Waals surface area contributed by atoms with Gasteiger partial charge in [0.25, 0.3) is 11.8 Å². The van der Waals surface area contributed by atoms with Crippen LogP contribution in [0.25, 0.3) is 11.1 Å². The lowest BCUT2D eigenvalue weighted by Crippen LogP contribution is -2.33. The fourth-order valence-electron chi connectivity index (χ4n) is 4.29. The number of carbonyl (C=O) groups is 2. The Morgan fingerprint density at radius 1 is 0.756 bits per heavy atom. The van der Waals surface area contributed by atoms with Gasteiger partial charge in [0.15, 0.2) is 5.75 Å². The van der Waals surface area contributed by atoms with Crippen molar-refractivity contribution in [3.63, 3.8) is 0 Å². The van der Waals surface area contributed by atoms with E-state index in [1.807, 2.05) is 11.4 Å². The Morgan fingerprint density at radius 2 is 1.47 bits per heavy atom. The fourth-order valence-corrected chi connectivity index (χ4v) is 5.31. The van der Waals surface area contributed by atoms with E-state index in [9.17, 15) is 27.3 Å². The number of nitrogens with one attached hydrogen (secondary N) is 4. The number of hydrogen-bond donors (Lipinski definition) is 4. The van der Waals surface area contributed by atoms with Crippen LogP contribution in [0.3, 0.4) is 0 Å². The van der Waals surface area contributed by atoms with E-state index in [1.54, 1.807) is 72.8 Å². The van der Waals surface area contributed by atoms with Crippen LogP contribution in [0, 0.1) is 0 Å². The molecule has 0 fully saturated rings. The molecular weight excluding hydrogens is 609 g/mol. The number of ether oxygens (including phenoxy) is 2. The van der Waals surface area contributed by atoms with Crippen molar-refractivity contribution >= 4 is 34.6 Å². The fraction of sp³-hybridized carbons (Fsp3) is 0.188. The van der Waals surface area contributed by atoms with Crippen molar-refractivity contribution in [1.82, 2.24) is 10.6 Å². The molecule has 0 aliphatic heterocycles. The molecule has 0 bridgehead atoms. The maximum atomic E-state index is 13.4. The molecule has 0 aromatic heterocycles. The van der Waals surface area contributed by atoms with Gasteiger partial charge in [-0.1, -0.05) is 36.4 Å². The number of rotatable bonds is 13. The van der Waals surface area contributed by atoms with Crippen molar-refractivity contribution in [2.75, 3.05) is 43.9 Å². The summed E-state index contributed by atoms with van der Waals surface area (Å²) in [4.78, 5) is 25.1. The molecule has 4 aromatic carbocycles. The van der Waals surface area contributed by atoms with Crippen LogP contribution < -0.4 is 30.1 Å². The lowest BCUT2D eigenvalue weighted by Gasteiger charge is -2.16. The second-order valence-electron chi connectivity index (χ2n) is 9.58. The zero-order valence-corrected chi connectivity index (χ0v) is 25.2. The predicted octanol–water partition coefficient (Wildman–Crippen LogP) is 5.64. The highest BCUT2D eigenvalue weighted by Gasteiger charge is 2.28. The number of anilines is 2. The summed E-state index contributed by atoms with van der Waals surface area (Å²) in [6.45, 7) is -0.670. The minimum absolute atomic E-state index is 0.0528. The van der Waals surface area contributed by atoms with Crippen molar-refractivity contribution in [2.45, 2.75) is 11.1 Å². The SMILES string of the molecule is COc1ccccc1C(=O)NCCNc1cccc(N[S+]([O-])c2cc(-c3cccc(C(=O)NCC(F)(F)F)c3)ccc2OC)c1. The van der Waals surface area contributed by atoms with Gasteiger partial charge in [0.05, 0.1) is 25.5 Å². The molecular formula is C32H31F3N4O5S. The van der Waals surface area contributed by atoms with Crippen LogP contribution >= 0.6 is 0 Å². The number of hydrogen-bond acceptors (Lipinski definition) is 7. The summed E-state index contributed by atoms with van der Waals surface area (Å²) < 4.78 is 64.6. The average molecular weight is 641 g/mol. The van der Waals surface area contributed by atoms with Gasteiger partial charge in [-0.25, -0.2) is 4.72 Å². The topological polar surface area (TPSA) is 124 Å². The largest absolute Gasteiger partial charge is 0.588 e. The highest BCUT2D eigenvalue weighted by atomic mass is 32.2. The molecule has 0 saturated heterocycles. The van der Waals surface area contributed by atoms with Gasteiger partial charge in [-0.05, 0) is 59.7 Å². The number of methoxy groups -OCH3 is 2. The Bertz CT molecular complexity index is 1640. The quantitative estimate of drug-likeness (QED) is 0.110. The zero-order valence-electron chi connectivity index (χ0n) is 24.4. The number of carbonyl (C=O) groups excluding carboxylic acids is 2. The Kier molecular flexibility index (Phi) is 11.2.